The highest BCUT2D eigenvalue weighted by molar-refractivity contribution is 9.10. The van der Waals surface area contributed by atoms with E-state index in [0.717, 1.165) is 13.0 Å². The van der Waals surface area contributed by atoms with E-state index in [1.807, 2.05) is 6.07 Å². The van der Waals surface area contributed by atoms with Gasteiger partial charge in [-0.25, -0.2) is 0 Å². The first-order chi connectivity index (χ1) is 5.74. The van der Waals surface area contributed by atoms with E-state index in [2.05, 4.69) is 41.1 Å². The molecular weight excluding hydrogens is 249 g/mol. The third kappa shape index (κ3) is 4.12. The Labute approximate surface area is 94.3 Å². The second kappa shape index (κ2) is 6.41. The zero-order valence-corrected chi connectivity index (χ0v) is 10.1. The molecule has 0 heterocycles. The minimum atomic E-state index is 0. The van der Waals surface area contributed by atoms with Crippen LogP contribution in [0.3, 0.4) is 0 Å². The molecule has 1 aromatic carbocycles. The van der Waals surface area contributed by atoms with Crippen molar-refractivity contribution >= 4 is 28.3 Å². The molecule has 0 aliphatic heterocycles. The topological polar surface area (TPSA) is 26.0 Å². The maximum atomic E-state index is 5.55. The number of rotatable bonds is 3. The number of benzene rings is 1. The fourth-order valence-corrected chi connectivity index (χ4v) is 1.57. The van der Waals surface area contributed by atoms with Crippen molar-refractivity contribution in [2.75, 3.05) is 6.54 Å². The van der Waals surface area contributed by atoms with Gasteiger partial charge in [-0.15, -0.1) is 12.4 Å². The average molecular weight is 265 g/mol. The van der Waals surface area contributed by atoms with Crippen LogP contribution in [0.1, 0.15) is 12.5 Å². The van der Waals surface area contributed by atoms with E-state index in [-0.39, 0.29) is 12.4 Å². The van der Waals surface area contributed by atoms with Gasteiger partial charge in [-0.05, 0) is 30.5 Å². The lowest BCUT2D eigenvalue weighted by molar-refractivity contribution is 0.592. The first-order valence-corrected chi connectivity index (χ1v) is 4.96. The third-order valence-corrected chi connectivity index (χ3v) is 2.70. The van der Waals surface area contributed by atoms with Gasteiger partial charge in [0.25, 0.3) is 0 Å². The molecule has 74 valence electrons. The molecule has 13 heavy (non-hydrogen) atoms. The normalized spacial score (nSPS) is 11.9. The SMILES string of the molecule is CC(CN)Cc1ccccc1Br.Cl. The summed E-state index contributed by atoms with van der Waals surface area (Å²) in [6, 6.07) is 8.29. The van der Waals surface area contributed by atoms with Crippen molar-refractivity contribution in [2.45, 2.75) is 13.3 Å². The summed E-state index contributed by atoms with van der Waals surface area (Å²) in [6.45, 7) is 2.92. The largest absolute Gasteiger partial charge is 0.330 e. The molecule has 0 fully saturated rings. The predicted octanol–water partition coefficient (Wildman–Crippen LogP) is 3.01. The molecule has 1 atom stereocenters. The maximum absolute atomic E-state index is 5.55. The van der Waals surface area contributed by atoms with E-state index in [9.17, 15) is 0 Å². The van der Waals surface area contributed by atoms with Gasteiger partial charge in [-0.1, -0.05) is 41.1 Å². The fourth-order valence-electron chi connectivity index (χ4n) is 1.12. The summed E-state index contributed by atoms with van der Waals surface area (Å²) in [5.41, 5.74) is 6.90. The predicted molar refractivity (Wildman–Crippen MR) is 63.3 cm³/mol. The van der Waals surface area contributed by atoms with Crippen LogP contribution in [0.5, 0.6) is 0 Å². The highest BCUT2D eigenvalue weighted by Crippen LogP contribution is 2.18. The summed E-state index contributed by atoms with van der Waals surface area (Å²) in [4.78, 5) is 0. The molecule has 0 saturated carbocycles. The van der Waals surface area contributed by atoms with Crippen LogP contribution in [0.4, 0.5) is 0 Å². The summed E-state index contributed by atoms with van der Waals surface area (Å²) < 4.78 is 1.19. The Morgan fingerprint density at radius 3 is 2.54 bits per heavy atom. The van der Waals surface area contributed by atoms with Crippen molar-refractivity contribution in [2.24, 2.45) is 11.7 Å². The summed E-state index contributed by atoms with van der Waals surface area (Å²) in [6.07, 6.45) is 1.05. The molecule has 0 bridgehead atoms. The van der Waals surface area contributed by atoms with Gasteiger partial charge >= 0.3 is 0 Å². The lowest BCUT2D eigenvalue weighted by atomic mass is 10.0. The standard InChI is InChI=1S/C10H14BrN.ClH/c1-8(7-12)6-9-4-2-3-5-10(9)11;/h2-5,8H,6-7,12H2,1H3;1H. The summed E-state index contributed by atoms with van der Waals surface area (Å²) in [5.74, 6) is 0.559. The fraction of sp³-hybridized carbons (Fsp3) is 0.400. The Morgan fingerprint density at radius 1 is 1.38 bits per heavy atom. The van der Waals surface area contributed by atoms with E-state index < -0.39 is 0 Å². The van der Waals surface area contributed by atoms with Crippen LogP contribution >= 0.6 is 28.3 Å². The molecule has 0 saturated heterocycles. The number of nitrogens with two attached hydrogens (primary N) is 1. The highest BCUT2D eigenvalue weighted by Gasteiger charge is 2.03. The van der Waals surface area contributed by atoms with Gasteiger partial charge in [-0.2, -0.15) is 0 Å². The third-order valence-electron chi connectivity index (χ3n) is 1.93. The Hall–Kier alpha value is -0.0500. The van der Waals surface area contributed by atoms with Gasteiger partial charge in [0.15, 0.2) is 0 Å². The van der Waals surface area contributed by atoms with Gasteiger partial charge in [-0.3, -0.25) is 0 Å². The van der Waals surface area contributed by atoms with Crippen LogP contribution < -0.4 is 5.73 Å². The molecule has 1 rings (SSSR count). The lowest BCUT2D eigenvalue weighted by Gasteiger charge is -2.09. The number of hydrogen-bond acceptors (Lipinski definition) is 1. The average Bonchev–Trinajstić information content (AvgIpc) is 2.09. The van der Waals surface area contributed by atoms with Crippen LogP contribution in [-0.2, 0) is 6.42 Å². The van der Waals surface area contributed by atoms with Crippen LogP contribution in [-0.4, -0.2) is 6.54 Å². The molecular formula is C10H15BrClN. The molecule has 0 aromatic heterocycles. The van der Waals surface area contributed by atoms with Gasteiger partial charge in [0.05, 0.1) is 0 Å². The Balaban J connectivity index is 0.00000144. The highest BCUT2D eigenvalue weighted by atomic mass is 79.9. The van der Waals surface area contributed by atoms with Crippen molar-refractivity contribution in [3.63, 3.8) is 0 Å². The molecule has 0 amide bonds. The summed E-state index contributed by atoms with van der Waals surface area (Å²) in [7, 11) is 0. The molecule has 0 aliphatic carbocycles. The summed E-state index contributed by atoms with van der Waals surface area (Å²) in [5, 5.41) is 0. The van der Waals surface area contributed by atoms with Gasteiger partial charge in [0.2, 0.25) is 0 Å². The zero-order valence-electron chi connectivity index (χ0n) is 7.66. The smallest absolute Gasteiger partial charge is 0.0207 e. The molecule has 0 radical (unpaired) electrons. The molecule has 1 unspecified atom stereocenters. The van der Waals surface area contributed by atoms with Gasteiger partial charge in [0, 0.05) is 4.47 Å². The minimum Gasteiger partial charge on any atom is -0.330 e. The monoisotopic (exact) mass is 263 g/mol. The van der Waals surface area contributed by atoms with E-state index in [4.69, 9.17) is 5.73 Å². The van der Waals surface area contributed by atoms with Gasteiger partial charge < -0.3 is 5.73 Å². The van der Waals surface area contributed by atoms with E-state index in [0.29, 0.717) is 5.92 Å². The maximum Gasteiger partial charge on any atom is 0.0207 e. The Morgan fingerprint density at radius 2 is 2.00 bits per heavy atom. The molecule has 0 spiro atoms. The number of hydrogen-bond donors (Lipinski definition) is 1. The molecule has 0 aliphatic rings. The zero-order chi connectivity index (χ0) is 8.97. The summed E-state index contributed by atoms with van der Waals surface area (Å²) >= 11 is 3.51. The first kappa shape index (κ1) is 12.9. The quantitative estimate of drug-likeness (QED) is 0.892. The van der Waals surface area contributed by atoms with Crippen molar-refractivity contribution < 1.29 is 0 Å². The second-order valence-corrected chi connectivity index (χ2v) is 3.99. The molecule has 2 N–H and O–H groups in total. The Bertz CT molecular complexity index is 252. The minimum absolute atomic E-state index is 0. The van der Waals surface area contributed by atoms with E-state index in [1.165, 1.54) is 10.0 Å². The van der Waals surface area contributed by atoms with Gasteiger partial charge in [0.1, 0.15) is 0 Å². The van der Waals surface area contributed by atoms with Crippen molar-refractivity contribution in [1.29, 1.82) is 0 Å². The molecule has 1 nitrogen and oxygen atoms in total. The van der Waals surface area contributed by atoms with Crippen LogP contribution in [0.15, 0.2) is 28.7 Å². The van der Waals surface area contributed by atoms with Crippen LogP contribution in [0, 0.1) is 5.92 Å². The van der Waals surface area contributed by atoms with Crippen molar-refractivity contribution in [3.8, 4) is 0 Å². The number of halogens is 2. The molecule has 1 aromatic rings. The lowest BCUT2D eigenvalue weighted by Crippen LogP contribution is -2.13. The molecule has 3 heteroatoms. The first-order valence-electron chi connectivity index (χ1n) is 4.17. The van der Waals surface area contributed by atoms with Crippen molar-refractivity contribution in [1.82, 2.24) is 0 Å². The van der Waals surface area contributed by atoms with Crippen molar-refractivity contribution in [3.05, 3.63) is 34.3 Å². The second-order valence-electron chi connectivity index (χ2n) is 3.14. The Kier molecular flexibility index (Phi) is 6.39. The van der Waals surface area contributed by atoms with E-state index >= 15 is 0 Å². The van der Waals surface area contributed by atoms with Crippen LogP contribution in [0.25, 0.3) is 0 Å². The van der Waals surface area contributed by atoms with E-state index in [1.54, 1.807) is 0 Å². The van der Waals surface area contributed by atoms with Crippen LogP contribution in [0.2, 0.25) is 0 Å².